The molecule has 0 radical (unpaired) electrons. The highest BCUT2D eigenvalue weighted by Gasteiger charge is 2.23. The van der Waals surface area contributed by atoms with Gasteiger partial charge in [0.15, 0.2) is 0 Å². The molecule has 1 saturated heterocycles. The molecule has 7 heteroatoms. The maximum atomic E-state index is 11.1. The van der Waals surface area contributed by atoms with E-state index < -0.39 is 5.91 Å². The van der Waals surface area contributed by atoms with Crippen molar-refractivity contribution in [2.45, 2.75) is 12.6 Å². The second kappa shape index (κ2) is 6.25. The third-order valence-corrected chi connectivity index (χ3v) is 3.72. The molecule has 0 aliphatic carbocycles. The number of ether oxygens (including phenoxy) is 1. The zero-order valence-electron chi connectivity index (χ0n) is 12.5. The predicted molar refractivity (Wildman–Crippen MR) is 79.9 cm³/mol. The first-order valence-corrected chi connectivity index (χ1v) is 7.19. The molecular formula is C15H19N5O2. The summed E-state index contributed by atoms with van der Waals surface area (Å²) >= 11 is 0. The first-order valence-electron chi connectivity index (χ1n) is 7.19. The monoisotopic (exact) mass is 301 g/mol. The van der Waals surface area contributed by atoms with Gasteiger partial charge in [-0.05, 0) is 12.1 Å². The van der Waals surface area contributed by atoms with Crippen LogP contribution in [0.2, 0.25) is 0 Å². The number of hydrogen-bond acceptors (Lipinski definition) is 5. The molecule has 0 bridgehead atoms. The summed E-state index contributed by atoms with van der Waals surface area (Å²) in [5.41, 5.74) is 7.64. The van der Waals surface area contributed by atoms with Gasteiger partial charge >= 0.3 is 0 Å². The number of nitrogens with zero attached hydrogens (tertiary/aromatic N) is 4. The molecule has 1 atom stereocenters. The number of amides is 1. The van der Waals surface area contributed by atoms with Gasteiger partial charge in [0.25, 0.3) is 0 Å². The van der Waals surface area contributed by atoms with Gasteiger partial charge in [-0.25, -0.2) is 0 Å². The van der Waals surface area contributed by atoms with Crippen molar-refractivity contribution in [3.05, 3.63) is 47.5 Å². The Morgan fingerprint density at radius 3 is 2.95 bits per heavy atom. The smallest absolute Gasteiger partial charge is 0.250 e. The Hall–Kier alpha value is -2.25. The lowest BCUT2D eigenvalue weighted by Crippen LogP contribution is -2.38. The van der Waals surface area contributed by atoms with Crippen molar-refractivity contribution < 1.29 is 9.53 Å². The molecule has 2 N–H and O–H groups in total. The summed E-state index contributed by atoms with van der Waals surface area (Å²) in [6.45, 7) is 3.14. The van der Waals surface area contributed by atoms with Gasteiger partial charge < -0.3 is 10.5 Å². The summed E-state index contributed by atoms with van der Waals surface area (Å²) in [7, 11) is 1.91. The Balaban J connectivity index is 1.66. The van der Waals surface area contributed by atoms with Crippen LogP contribution in [0.25, 0.3) is 0 Å². The van der Waals surface area contributed by atoms with E-state index in [9.17, 15) is 4.79 Å². The largest absolute Gasteiger partial charge is 0.369 e. The van der Waals surface area contributed by atoms with E-state index in [1.54, 1.807) is 16.8 Å². The Labute approximate surface area is 128 Å². The number of rotatable bonds is 4. The molecule has 1 fully saturated rings. The molecule has 116 valence electrons. The molecule has 1 aliphatic heterocycles. The van der Waals surface area contributed by atoms with Crippen LogP contribution in [0.3, 0.4) is 0 Å². The lowest BCUT2D eigenvalue weighted by Gasteiger charge is -2.32. The van der Waals surface area contributed by atoms with Gasteiger partial charge in [0.05, 0.1) is 24.1 Å². The lowest BCUT2D eigenvalue weighted by atomic mass is 10.1. The van der Waals surface area contributed by atoms with E-state index >= 15 is 0 Å². The number of primary amides is 1. The molecule has 3 rings (SSSR count). The first kappa shape index (κ1) is 14.7. The molecule has 7 nitrogen and oxygen atoms in total. The molecule has 1 amide bonds. The minimum atomic E-state index is -0.471. The average Bonchev–Trinajstić information content (AvgIpc) is 2.93. The van der Waals surface area contributed by atoms with Crippen LogP contribution in [-0.4, -0.2) is 45.3 Å². The summed E-state index contributed by atoms with van der Waals surface area (Å²) in [5.74, 6) is -0.471. The second-order valence-corrected chi connectivity index (χ2v) is 5.45. The van der Waals surface area contributed by atoms with Crippen LogP contribution in [0, 0.1) is 0 Å². The van der Waals surface area contributed by atoms with Crippen LogP contribution >= 0.6 is 0 Å². The van der Waals surface area contributed by atoms with E-state index in [4.69, 9.17) is 10.5 Å². The minimum Gasteiger partial charge on any atom is -0.369 e. The number of hydrogen-bond donors (Lipinski definition) is 1. The standard InChI is InChI=1S/C15H19N5O2/c1-19-8-11(6-18-19)9-20-4-5-22-14(10-20)13-3-2-12(7-17-13)15(16)21/h2-3,6-8,14H,4-5,9-10H2,1H3,(H2,16,21). The van der Waals surface area contributed by atoms with Crippen molar-refractivity contribution in [1.82, 2.24) is 19.7 Å². The number of carbonyl (C=O) groups excluding carboxylic acids is 1. The van der Waals surface area contributed by atoms with Crippen LogP contribution < -0.4 is 5.73 Å². The molecule has 3 heterocycles. The fourth-order valence-corrected chi connectivity index (χ4v) is 2.58. The van der Waals surface area contributed by atoms with Gasteiger partial charge in [-0.2, -0.15) is 5.10 Å². The average molecular weight is 301 g/mol. The fraction of sp³-hybridized carbons (Fsp3) is 0.400. The third-order valence-electron chi connectivity index (χ3n) is 3.72. The van der Waals surface area contributed by atoms with E-state index in [-0.39, 0.29) is 6.10 Å². The normalized spacial score (nSPS) is 19.2. The van der Waals surface area contributed by atoms with Crippen molar-refractivity contribution >= 4 is 5.91 Å². The Bertz CT molecular complexity index is 652. The van der Waals surface area contributed by atoms with Crippen molar-refractivity contribution in [3.63, 3.8) is 0 Å². The number of nitrogens with two attached hydrogens (primary N) is 1. The highest BCUT2D eigenvalue weighted by atomic mass is 16.5. The van der Waals surface area contributed by atoms with Gasteiger partial charge in [-0.1, -0.05) is 0 Å². The Kier molecular flexibility index (Phi) is 4.17. The fourth-order valence-electron chi connectivity index (χ4n) is 2.58. The third kappa shape index (κ3) is 3.32. The summed E-state index contributed by atoms with van der Waals surface area (Å²) in [6, 6.07) is 3.49. The second-order valence-electron chi connectivity index (χ2n) is 5.45. The van der Waals surface area contributed by atoms with Gasteiger partial charge in [0.1, 0.15) is 6.10 Å². The van der Waals surface area contributed by atoms with Crippen molar-refractivity contribution in [2.75, 3.05) is 19.7 Å². The van der Waals surface area contributed by atoms with E-state index in [0.29, 0.717) is 12.2 Å². The summed E-state index contributed by atoms with van der Waals surface area (Å²) < 4.78 is 7.60. The van der Waals surface area contributed by atoms with Crippen LogP contribution in [0.1, 0.15) is 27.7 Å². The molecule has 2 aromatic rings. The molecule has 2 aromatic heterocycles. The predicted octanol–water partition coefficient (Wildman–Crippen LogP) is 0.487. The topological polar surface area (TPSA) is 86.3 Å². The zero-order valence-corrected chi connectivity index (χ0v) is 12.5. The summed E-state index contributed by atoms with van der Waals surface area (Å²) in [4.78, 5) is 17.7. The highest BCUT2D eigenvalue weighted by molar-refractivity contribution is 5.92. The molecule has 0 saturated carbocycles. The van der Waals surface area contributed by atoms with Crippen LogP contribution in [0.4, 0.5) is 0 Å². The summed E-state index contributed by atoms with van der Waals surface area (Å²) in [5, 5.41) is 4.19. The van der Waals surface area contributed by atoms with Crippen molar-refractivity contribution in [3.8, 4) is 0 Å². The Morgan fingerprint density at radius 2 is 2.32 bits per heavy atom. The zero-order chi connectivity index (χ0) is 15.5. The molecule has 1 aliphatic rings. The van der Waals surface area contributed by atoms with Gasteiger partial charge in [0, 0.05) is 44.6 Å². The molecule has 1 unspecified atom stereocenters. The van der Waals surface area contributed by atoms with E-state index in [2.05, 4.69) is 15.0 Å². The van der Waals surface area contributed by atoms with Crippen molar-refractivity contribution in [2.24, 2.45) is 12.8 Å². The van der Waals surface area contributed by atoms with Gasteiger partial charge in [-0.3, -0.25) is 19.4 Å². The van der Waals surface area contributed by atoms with Crippen LogP contribution in [-0.2, 0) is 18.3 Å². The van der Waals surface area contributed by atoms with Crippen LogP contribution in [0.5, 0.6) is 0 Å². The maximum absolute atomic E-state index is 11.1. The maximum Gasteiger partial charge on any atom is 0.250 e. The molecular weight excluding hydrogens is 282 g/mol. The quantitative estimate of drug-likeness (QED) is 0.888. The molecule has 0 aromatic carbocycles. The number of pyridine rings is 1. The van der Waals surface area contributed by atoms with E-state index in [1.165, 1.54) is 11.8 Å². The SMILES string of the molecule is Cn1cc(CN2CCOC(c3ccc(C(N)=O)cn3)C2)cn1. The number of aryl methyl sites for hydroxylation is 1. The molecule has 0 spiro atoms. The lowest BCUT2D eigenvalue weighted by molar-refractivity contribution is -0.0350. The first-order chi connectivity index (χ1) is 10.6. The van der Waals surface area contributed by atoms with Gasteiger partial charge in [0.2, 0.25) is 5.91 Å². The number of carbonyl (C=O) groups is 1. The van der Waals surface area contributed by atoms with E-state index in [0.717, 1.165) is 25.3 Å². The van der Waals surface area contributed by atoms with Crippen molar-refractivity contribution in [1.29, 1.82) is 0 Å². The molecule has 22 heavy (non-hydrogen) atoms. The van der Waals surface area contributed by atoms with Gasteiger partial charge in [-0.15, -0.1) is 0 Å². The Morgan fingerprint density at radius 1 is 1.45 bits per heavy atom. The number of aromatic nitrogens is 3. The van der Waals surface area contributed by atoms with Crippen LogP contribution in [0.15, 0.2) is 30.7 Å². The summed E-state index contributed by atoms with van der Waals surface area (Å²) in [6.07, 6.45) is 5.31. The minimum absolute atomic E-state index is 0.0904. The van der Waals surface area contributed by atoms with E-state index in [1.807, 2.05) is 19.4 Å². The number of morpholine rings is 1. The highest BCUT2D eigenvalue weighted by Crippen LogP contribution is 2.21.